The van der Waals surface area contributed by atoms with Gasteiger partial charge >= 0.3 is 0 Å². The van der Waals surface area contributed by atoms with Crippen molar-refractivity contribution in [1.29, 1.82) is 0 Å². The average molecular weight is 430 g/mol. The molecule has 1 atom stereocenters. The smallest absolute Gasteiger partial charge is 0.191 e. The fraction of sp³-hybridized carbons (Fsp3) is 0.588. The number of nitrogens with one attached hydrogen (secondary N) is 2. The third kappa shape index (κ3) is 5.61. The van der Waals surface area contributed by atoms with Crippen molar-refractivity contribution in [3.05, 3.63) is 35.9 Å². The van der Waals surface area contributed by atoms with Gasteiger partial charge in [-0.3, -0.25) is 9.89 Å². The van der Waals surface area contributed by atoms with E-state index < -0.39 is 0 Å². The second-order valence-electron chi connectivity index (χ2n) is 5.95. The molecule has 1 aromatic rings. The first-order valence-electron chi connectivity index (χ1n) is 8.21. The topological polar surface area (TPSA) is 48.9 Å². The average Bonchev–Trinajstić information content (AvgIpc) is 3.40. The number of hydrogen-bond donors (Lipinski definition) is 2. The van der Waals surface area contributed by atoms with E-state index in [4.69, 9.17) is 4.74 Å². The molecule has 0 radical (unpaired) electrons. The summed E-state index contributed by atoms with van der Waals surface area (Å²) in [5.41, 5.74) is 1.35. The summed E-state index contributed by atoms with van der Waals surface area (Å²) in [6.45, 7) is 4.46. The van der Waals surface area contributed by atoms with Crippen LogP contribution in [0.25, 0.3) is 0 Å². The fourth-order valence-corrected chi connectivity index (χ4v) is 2.83. The number of aliphatic imine (C=N–C) groups is 1. The Morgan fingerprint density at radius 3 is 2.57 bits per heavy atom. The number of morpholine rings is 1. The second-order valence-corrected chi connectivity index (χ2v) is 5.95. The maximum Gasteiger partial charge on any atom is 0.191 e. The summed E-state index contributed by atoms with van der Waals surface area (Å²) in [4.78, 5) is 6.83. The summed E-state index contributed by atoms with van der Waals surface area (Å²) in [5.74, 6) is 0.914. The lowest BCUT2D eigenvalue weighted by atomic mass is 10.0. The standard InChI is InChI=1S/C17H26N4O.HI/c1-18-17(20-15-7-8-15)19-13-16(14-5-3-2-4-6-14)21-9-11-22-12-10-21;/h2-6,15-16H,7-13H2,1H3,(H2,18,19,20);1H. The van der Waals surface area contributed by atoms with Crippen LogP contribution in [0.15, 0.2) is 35.3 Å². The van der Waals surface area contributed by atoms with E-state index in [9.17, 15) is 0 Å². The molecule has 6 heteroatoms. The fourth-order valence-electron chi connectivity index (χ4n) is 2.83. The quantitative estimate of drug-likeness (QED) is 0.427. The van der Waals surface area contributed by atoms with Gasteiger partial charge in [0.05, 0.1) is 19.3 Å². The molecule has 3 rings (SSSR count). The Bertz CT molecular complexity index is 487. The van der Waals surface area contributed by atoms with Crippen molar-refractivity contribution in [1.82, 2.24) is 15.5 Å². The van der Waals surface area contributed by atoms with Crippen LogP contribution in [0.1, 0.15) is 24.4 Å². The van der Waals surface area contributed by atoms with Gasteiger partial charge in [-0.2, -0.15) is 0 Å². The molecule has 1 aliphatic carbocycles. The van der Waals surface area contributed by atoms with E-state index in [0.29, 0.717) is 12.1 Å². The molecule has 0 bridgehead atoms. The molecule has 23 heavy (non-hydrogen) atoms. The molecule has 0 aromatic heterocycles. The zero-order valence-corrected chi connectivity index (χ0v) is 16.0. The molecule has 0 amide bonds. The molecule has 2 aliphatic rings. The minimum Gasteiger partial charge on any atom is -0.379 e. The van der Waals surface area contributed by atoms with Crippen molar-refractivity contribution in [3.63, 3.8) is 0 Å². The lowest BCUT2D eigenvalue weighted by Gasteiger charge is -2.35. The minimum atomic E-state index is 0. The van der Waals surface area contributed by atoms with Crippen molar-refractivity contribution in [2.75, 3.05) is 39.9 Å². The van der Waals surface area contributed by atoms with Gasteiger partial charge in [-0.15, -0.1) is 24.0 Å². The number of benzene rings is 1. The van der Waals surface area contributed by atoms with Crippen molar-refractivity contribution < 1.29 is 4.74 Å². The van der Waals surface area contributed by atoms with Crippen LogP contribution in [0.2, 0.25) is 0 Å². The minimum absolute atomic E-state index is 0. The molecule has 1 unspecified atom stereocenters. The molecule has 1 aliphatic heterocycles. The summed E-state index contributed by atoms with van der Waals surface area (Å²) >= 11 is 0. The van der Waals surface area contributed by atoms with E-state index >= 15 is 0 Å². The monoisotopic (exact) mass is 430 g/mol. The Morgan fingerprint density at radius 1 is 1.26 bits per heavy atom. The molecule has 2 N–H and O–H groups in total. The largest absolute Gasteiger partial charge is 0.379 e. The van der Waals surface area contributed by atoms with E-state index in [2.05, 4.69) is 50.9 Å². The summed E-state index contributed by atoms with van der Waals surface area (Å²) in [6.07, 6.45) is 2.51. The maximum absolute atomic E-state index is 5.50. The van der Waals surface area contributed by atoms with E-state index in [0.717, 1.165) is 38.8 Å². The van der Waals surface area contributed by atoms with Gasteiger partial charge in [0.2, 0.25) is 0 Å². The predicted molar refractivity (Wildman–Crippen MR) is 105 cm³/mol. The summed E-state index contributed by atoms with van der Waals surface area (Å²) in [7, 11) is 1.84. The number of nitrogens with zero attached hydrogens (tertiary/aromatic N) is 2. The van der Waals surface area contributed by atoms with E-state index in [1.54, 1.807) is 0 Å². The van der Waals surface area contributed by atoms with Crippen molar-refractivity contribution in [3.8, 4) is 0 Å². The zero-order chi connectivity index (χ0) is 15.2. The zero-order valence-electron chi connectivity index (χ0n) is 13.7. The lowest BCUT2D eigenvalue weighted by Crippen LogP contribution is -2.46. The molecule has 5 nitrogen and oxygen atoms in total. The van der Waals surface area contributed by atoms with Crippen LogP contribution in [-0.4, -0.2) is 56.8 Å². The van der Waals surface area contributed by atoms with E-state index in [1.165, 1.54) is 18.4 Å². The molecule has 2 fully saturated rings. The Labute approximate surface area is 155 Å². The van der Waals surface area contributed by atoms with Gasteiger partial charge in [0.25, 0.3) is 0 Å². The first kappa shape index (κ1) is 18.5. The lowest BCUT2D eigenvalue weighted by molar-refractivity contribution is 0.0170. The van der Waals surface area contributed by atoms with Gasteiger partial charge < -0.3 is 15.4 Å². The SMILES string of the molecule is CN=C(NCC(c1ccccc1)N1CCOCC1)NC1CC1.I. The molecule has 0 spiro atoms. The number of rotatable bonds is 5. The van der Waals surface area contributed by atoms with Gasteiger partial charge in [0.15, 0.2) is 5.96 Å². The molecule has 1 saturated carbocycles. The summed E-state index contributed by atoms with van der Waals surface area (Å²) in [6, 6.07) is 11.7. The highest BCUT2D eigenvalue weighted by Gasteiger charge is 2.25. The molecular formula is C17H27IN4O. The van der Waals surface area contributed by atoms with Crippen molar-refractivity contribution >= 4 is 29.9 Å². The van der Waals surface area contributed by atoms with Crippen LogP contribution in [0.3, 0.4) is 0 Å². The van der Waals surface area contributed by atoms with Crippen LogP contribution in [0.5, 0.6) is 0 Å². The van der Waals surface area contributed by atoms with E-state index in [1.807, 2.05) is 7.05 Å². The van der Waals surface area contributed by atoms with Crippen molar-refractivity contribution in [2.24, 2.45) is 4.99 Å². The molecule has 1 aromatic carbocycles. The predicted octanol–water partition coefficient (Wildman–Crippen LogP) is 2.01. The normalized spacial score (nSPS) is 20.5. The van der Waals surface area contributed by atoms with Gasteiger partial charge in [0.1, 0.15) is 0 Å². The second kappa shape index (κ2) is 9.44. The molecule has 128 valence electrons. The van der Waals surface area contributed by atoms with Gasteiger partial charge in [-0.05, 0) is 18.4 Å². The molecule has 1 saturated heterocycles. The number of halogens is 1. The highest BCUT2D eigenvalue weighted by atomic mass is 127. The molecular weight excluding hydrogens is 403 g/mol. The van der Waals surface area contributed by atoms with Crippen LogP contribution in [0.4, 0.5) is 0 Å². The van der Waals surface area contributed by atoms with Crippen molar-refractivity contribution in [2.45, 2.75) is 24.9 Å². The maximum atomic E-state index is 5.50. The third-order valence-electron chi connectivity index (χ3n) is 4.28. The van der Waals surface area contributed by atoms with E-state index in [-0.39, 0.29) is 24.0 Å². The van der Waals surface area contributed by atoms with Gasteiger partial charge in [-0.1, -0.05) is 30.3 Å². The molecule has 1 heterocycles. The summed E-state index contributed by atoms with van der Waals surface area (Å²) in [5, 5.41) is 6.94. The van der Waals surface area contributed by atoms with Gasteiger partial charge in [-0.25, -0.2) is 0 Å². The third-order valence-corrected chi connectivity index (χ3v) is 4.28. The Balaban J connectivity index is 0.00000192. The first-order chi connectivity index (χ1) is 10.9. The van der Waals surface area contributed by atoms with Crippen LogP contribution in [-0.2, 0) is 4.74 Å². The summed E-state index contributed by atoms with van der Waals surface area (Å²) < 4.78 is 5.50. The number of ether oxygens (including phenoxy) is 1. The Morgan fingerprint density at radius 2 is 1.96 bits per heavy atom. The highest BCUT2D eigenvalue weighted by Crippen LogP contribution is 2.21. The van der Waals surface area contributed by atoms with Crippen LogP contribution < -0.4 is 10.6 Å². The first-order valence-corrected chi connectivity index (χ1v) is 8.21. The van der Waals surface area contributed by atoms with Gasteiger partial charge in [0, 0.05) is 32.7 Å². The number of guanidine groups is 1. The Hall–Kier alpha value is -0.860. The highest BCUT2D eigenvalue weighted by molar-refractivity contribution is 14.0. The number of hydrogen-bond acceptors (Lipinski definition) is 3. The van der Waals surface area contributed by atoms with Crippen LogP contribution >= 0.6 is 24.0 Å². The Kier molecular flexibility index (Phi) is 7.58. The van der Waals surface area contributed by atoms with Crippen LogP contribution in [0, 0.1) is 0 Å².